The third-order valence-corrected chi connectivity index (χ3v) is 6.08. The van der Waals surface area contributed by atoms with Gasteiger partial charge >= 0.3 is 6.18 Å². The van der Waals surface area contributed by atoms with Crippen LogP contribution in [0.1, 0.15) is 31.4 Å². The van der Waals surface area contributed by atoms with E-state index in [0.29, 0.717) is 12.5 Å². The van der Waals surface area contributed by atoms with E-state index < -0.39 is 58.2 Å². The van der Waals surface area contributed by atoms with Crippen LogP contribution < -0.4 is 10.6 Å². The average Bonchev–Trinajstić information content (AvgIpc) is 3.07. The molecule has 0 aliphatic carbocycles. The molecule has 2 amide bonds. The van der Waals surface area contributed by atoms with Crippen molar-refractivity contribution in [3.8, 4) is 6.07 Å². The molecule has 27 heavy (non-hydrogen) atoms. The van der Waals surface area contributed by atoms with Gasteiger partial charge in [-0.15, -0.1) is 0 Å². The van der Waals surface area contributed by atoms with Gasteiger partial charge in [-0.2, -0.15) is 18.4 Å². The van der Waals surface area contributed by atoms with E-state index in [9.17, 15) is 22.8 Å². The number of benzene rings is 1. The number of amides is 2. The standard InChI is InChI=1S/C18H16F3N3O3/c1-16-6-11(23)17(2,27-16)13-12(16)14(25)24(15(13)26)9-4-3-8(7-22)10(5-9)18(19,20)21/h3-5,11-13H,6,23H2,1-2H3/t11-,12-,13+,16?,17?/m0/s1. The fourth-order valence-corrected chi connectivity index (χ4v) is 4.86. The molecule has 0 radical (unpaired) electrons. The van der Waals surface area contributed by atoms with Crippen LogP contribution in [0.25, 0.3) is 0 Å². The Hall–Kier alpha value is -2.44. The van der Waals surface area contributed by atoms with Crippen molar-refractivity contribution in [2.45, 2.75) is 43.7 Å². The van der Waals surface area contributed by atoms with Crippen LogP contribution in [0.15, 0.2) is 18.2 Å². The fraction of sp³-hybridized carbons (Fsp3) is 0.500. The number of nitriles is 1. The van der Waals surface area contributed by atoms with Crippen molar-refractivity contribution in [1.82, 2.24) is 0 Å². The number of ether oxygens (including phenoxy) is 1. The topological polar surface area (TPSA) is 96.4 Å². The molecule has 1 aromatic carbocycles. The molecule has 142 valence electrons. The zero-order chi connectivity index (χ0) is 19.9. The van der Waals surface area contributed by atoms with Crippen LogP contribution in [0, 0.1) is 23.2 Å². The maximum absolute atomic E-state index is 13.3. The molecule has 3 saturated heterocycles. The summed E-state index contributed by atoms with van der Waals surface area (Å²) in [4.78, 5) is 26.8. The Bertz CT molecular complexity index is 925. The number of carbonyl (C=O) groups excluding carboxylic acids is 2. The number of alkyl halides is 3. The Morgan fingerprint density at radius 2 is 1.89 bits per heavy atom. The molecular weight excluding hydrogens is 363 g/mol. The Labute approximate surface area is 152 Å². The monoisotopic (exact) mass is 379 g/mol. The fourth-order valence-electron chi connectivity index (χ4n) is 4.86. The highest BCUT2D eigenvalue weighted by Crippen LogP contribution is 2.60. The van der Waals surface area contributed by atoms with Gasteiger partial charge in [0.15, 0.2) is 0 Å². The Morgan fingerprint density at radius 3 is 2.48 bits per heavy atom. The van der Waals surface area contributed by atoms with Gasteiger partial charge in [-0.3, -0.25) is 9.59 Å². The second-order valence-electron chi connectivity index (χ2n) is 7.72. The Kier molecular flexibility index (Phi) is 3.38. The van der Waals surface area contributed by atoms with Gasteiger partial charge in [-0.05, 0) is 38.5 Å². The maximum Gasteiger partial charge on any atom is 0.417 e. The van der Waals surface area contributed by atoms with E-state index in [1.165, 1.54) is 12.1 Å². The highest BCUT2D eigenvalue weighted by molar-refractivity contribution is 6.23. The van der Waals surface area contributed by atoms with E-state index in [2.05, 4.69) is 0 Å². The summed E-state index contributed by atoms with van der Waals surface area (Å²) >= 11 is 0. The van der Waals surface area contributed by atoms with Crippen LogP contribution >= 0.6 is 0 Å². The molecule has 2 N–H and O–H groups in total. The molecule has 1 aromatic rings. The van der Waals surface area contributed by atoms with Crippen LogP contribution in [-0.2, 0) is 20.5 Å². The molecule has 2 bridgehead atoms. The predicted molar refractivity (Wildman–Crippen MR) is 86.1 cm³/mol. The Morgan fingerprint density at radius 1 is 1.26 bits per heavy atom. The lowest BCUT2D eigenvalue weighted by Gasteiger charge is -2.32. The summed E-state index contributed by atoms with van der Waals surface area (Å²) < 4.78 is 45.7. The van der Waals surface area contributed by atoms with Gasteiger partial charge in [0.2, 0.25) is 11.8 Å². The molecule has 3 heterocycles. The lowest BCUT2D eigenvalue weighted by Crippen LogP contribution is -2.53. The first-order chi connectivity index (χ1) is 12.4. The van der Waals surface area contributed by atoms with E-state index in [-0.39, 0.29) is 5.69 Å². The number of anilines is 1. The van der Waals surface area contributed by atoms with Crippen LogP contribution in [-0.4, -0.2) is 29.1 Å². The number of hydrogen-bond acceptors (Lipinski definition) is 5. The van der Waals surface area contributed by atoms with Crippen molar-refractivity contribution in [3.05, 3.63) is 29.3 Å². The average molecular weight is 379 g/mol. The van der Waals surface area contributed by atoms with E-state index in [4.69, 9.17) is 15.7 Å². The zero-order valence-electron chi connectivity index (χ0n) is 14.5. The normalized spacial score (nSPS) is 37.7. The summed E-state index contributed by atoms with van der Waals surface area (Å²) in [5, 5.41) is 8.92. The second-order valence-corrected chi connectivity index (χ2v) is 7.72. The van der Waals surface area contributed by atoms with Crippen molar-refractivity contribution in [2.75, 3.05) is 4.90 Å². The van der Waals surface area contributed by atoms with E-state index in [1.54, 1.807) is 13.8 Å². The van der Waals surface area contributed by atoms with Gasteiger partial charge in [0, 0.05) is 6.04 Å². The molecule has 5 atom stereocenters. The molecule has 6 nitrogen and oxygen atoms in total. The molecule has 0 aromatic heterocycles. The second kappa shape index (κ2) is 5.09. The van der Waals surface area contributed by atoms with Crippen LogP contribution in [0.2, 0.25) is 0 Å². The number of nitrogens with zero attached hydrogens (tertiary/aromatic N) is 2. The largest absolute Gasteiger partial charge is 0.417 e. The van der Waals surface area contributed by atoms with Gasteiger partial charge in [0.25, 0.3) is 0 Å². The quantitative estimate of drug-likeness (QED) is 0.753. The molecule has 0 spiro atoms. The minimum absolute atomic E-state index is 0.203. The summed E-state index contributed by atoms with van der Waals surface area (Å²) in [6.45, 7) is 3.37. The van der Waals surface area contributed by atoms with Gasteiger partial charge in [-0.25, -0.2) is 4.90 Å². The van der Waals surface area contributed by atoms with Crippen LogP contribution in [0.5, 0.6) is 0 Å². The zero-order valence-corrected chi connectivity index (χ0v) is 14.5. The Balaban J connectivity index is 1.81. The number of hydrogen-bond donors (Lipinski definition) is 1. The molecule has 3 fully saturated rings. The number of rotatable bonds is 1. The summed E-state index contributed by atoms with van der Waals surface area (Å²) in [5.74, 6) is -2.85. The SMILES string of the molecule is CC12C[C@H](N)C(C)(O1)[C@H]1C(=O)N(c3ccc(C#N)c(C(F)(F)F)c3)C(=O)[C@H]12. The molecular formula is C18H16F3N3O3. The first kappa shape index (κ1) is 17.9. The summed E-state index contributed by atoms with van der Waals surface area (Å²) in [6, 6.07) is 3.84. The maximum atomic E-state index is 13.3. The lowest BCUT2D eigenvalue weighted by molar-refractivity contribution is -0.138. The number of fused-ring (bicyclic) bond motifs is 5. The molecule has 3 aliphatic rings. The van der Waals surface area contributed by atoms with Gasteiger partial charge in [0.05, 0.1) is 45.9 Å². The molecule has 3 aliphatic heterocycles. The lowest BCUT2D eigenvalue weighted by atomic mass is 9.67. The smallest absolute Gasteiger partial charge is 0.366 e. The third-order valence-electron chi connectivity index (χ3n) is 6.08. The van der Waals surface area contributed by atoms with Crippen LogP contribution in [0.3, 0.4) is 0 Å². The molecule has 4 rings (SSSR count). The van der Waals surface area contributed by atoms with Gasteiger partial charge < -0.3 is 10.5 Å². The minimum Gasteiger partial charge on any atom is -0.366 e. The summed E-state index contributed by atoms with van der Waals surface area (Å²) in [7, 11) is 0. The van der Waals surface area contributed by atoms with Gasteiger partial charge in [0.1, 0.15) is 0 Å². The van der Waals surface area contributed by atoms with Crippen molar-refractivity contribution in [3.63, 3.8) is 0 Å². The highest BCUT2D eigenvalue weighted by atomic mass is 19.4. The first-order valence-electron chi connectivity index (χ1n) is 8.39. The summed E-state index contributed by atoms with van der Waals surface area (Å²) in [6.07, 6.45) is -4.40. The highest BCUT2D eigenvalue weighted by Gasteiger charge is 2.75. The molecule has 2 unspecified atom stereocenters. The first-order valence-corrected chi connectivity index (χ1v) is 8.39. The van der Waals surface area contributed by atoms with Crippen molar-refractivity contribution < 1.29 is 27.5 Å². The van der Waals surface area contributed by atoms with Crippen molar-refractivity contribution >= 4 is 17.5 Å². The van der Waals surface area contributed by atoms with E-state index >= 15 is 0 Å². The van der Waals surface area contributed by atoms with Crippen molar-refractivity contribution in [1.29, 1.82) is 5.26 Å². The molecule has 9 heteroatoms. The number of nitrogens with two attached hydrogens (primary N) is 1. The minimum atomic E-state index is -4.79. The van der Waals surface area contributed by atoms with Crippen molar-refractivity contribution in [2.24, 2.45) is 17.6 Å². The predicted octanol–water partition coefficient (Wildman–Crippen LogP) is 1.96. The summed E-state index contributed by atoms with van der Waals surface area (Å²) in [5.41, 5.74) is 2.18. The number of carbonyl (C=O) groups is 2. The van der Waals surface area contributed by atoms with Gasteiger partial charge in [-0.1, -0.05) is 0 Å². The number of imide groups is 1. The van der Waals surface area contributed by atoms with E-state index in [1.807, 2.05) is 0 Å². The van der Waals surface area contributed by atoms with Crippen LogP contribution in [0.4, 0.5) is 18.9 Å². The molecule has 0 saturated carbocycles. The third kappa shape index (κ3) is 2.14. The number of halogens is 3. The van der Waals surface area contributed by atoms with E-state index in [0.717, 1.165) is 11.0 Å².